The van der Waals surface area contributed by atoms with Crippen molar-refractivity contribution >= 4 is 56.8 Å². The molecule has 0 saturated carbocycles. The first-order chi connectivity index (χ1) is 18.8. The molecule has 2 aromatic rings. The van der Waals surface area contributed by atoms with Gasteiger partial charge >= 0.3 is 0 Å². The quantitative estimate of drug-likeness (QED) is 0.349. The van der Waals surface area contributed by atoms with Gasteiger partial charge in [-0.15, -0.1) is 11.8 Å². The zero-order chi connectivity index (χ0) is 27.7. The number of halogens is 1. The Balaban J connectivity index is 1.43. The first-order valence-electron chi connectivity index (χ1n) is 13.0. The van der Waals surface area contributed by atoms with Crippen LogP contribution in [0.5, 0.6) is 11.5 Å². The molecule has 3 N–H and O–H groups in total. The lowest BCUT2D eigenvalue weighted by molar-refractivity contribution is -0.138. The van der Waals surface area contributed by atoms with Crippen LogP contribution < -0.4 is 20.1 Å². The number of nitrogens with zero attached hydrogens (tertiary/aromatic N) is 1. The number of aliphatic hydroxyl groups excluding tert-OH is 1. The summed E-state index contributed by atoms with van der Waals surface area (Å²) in [6, 6.07) is 13.4. The minimum absolute atomic E-state index is 0.0308. The Hall–Kier alpha value is -2.76. The normalized spacial score (nSPS) is 28.8. The van der Waals surface area contributed by atoms with Crippen molar-refractivity contribution in [2.45, 2.75) is 40.6 Å². The maximum atomic E-state index is 13.9. The van der Waals surface area contributed by atoms with E-state index in [0.717, 1.165) is 0 Å². The highest BCUT2D eigenvalue weighted by molar-refractivity contribution is 9.09. The molecular formula is C28H32BrN3O6S. The highest BCUT2D eigenvalue weighted by Crippen LogP contribution is 2.67. The van der Waals surface area contributed by atoms with Crippen molar-refractivity contribution in [3.63, 3.8) is 0 Å². The van der Waals surface area contributed by atoms with Crippen LogP contribution in [0.3, 0.4) is 0 Å². The topological polar surface area (TPSA) is 117 Å². The van der Waals surface area contributed by atoms with Gasteiger partial charge in [0.1, 0.15) is 17.5 Å². The summed E-state index contributed by atoms with van der Waals surface area (Å²) >= 11 is 5.34. The fraction of sp³-hybridized carbons (Fsp3) is 0.464. The summed E-state index contributed by atoms with van der Waals surface area (Å²) in [5.74, 6) is -0.618. The van der Waals surface area contributed by atoms with Crippen molar-refractivity contribution in [2.24, 2.45) is 11.8 Å². The molecule has 3 unspecified atom stereocenters. The monoisotopic (exact) mass is 617 g/mol. The van der Waals surface area contributed by atoms with Crippen LogP contribution in [0.2, 0.25) is 0 Å². The van der Waals surface area contributed by atoms with E-state index >= 15 is 0 Å². The molecule has 3 fully saturated rings. The first kappa shape index (κ1) is 27.8. The summed E-state index contributed by atoms with van der Waals surface area (Å²) in [5, 5.41) is 15.3. The van der Waals surface area contributed by atoms with Crippen molar-refractivity contribution in [3.8, 4) is 11.5 Å². The van der Waals surface area contributed by atoms with E-state index in [0.29, 0.717) is 42.3 Å². The summed E-state index contributed by atoms with van der Waals surface area (Å²) in [6.45, 7) is 2.58. The third-order valence-corrected chi connectivity index (χ3v) is 10.9. The van der Waals surface area contributed by atoms with Crippen molar-refractivity contribution in [1.29, 1.82) is 0 Å². The van der Waals surface area contributed by atoms with Crippen molar-refractivity contribution in [1.82, 2.24) is 4.90 Å². The molecule has 0 radical (unpaired) electrons. The molecule has 1 spiro atoms. The molecule has 0 aliphatic carbocycles. The Morgan fingerprint density at radius 3 is 2.28 bits per heavy atom. The zero-order valence-corrected chi connectivity index (χ0v) is 24.2. The lowest BCUT2D eigenvalue weighted by Gasteiger charge is -2.35. The van der Waals surface area contributed by atoms with Gasteiger partial charge in [-0.1, -0.05) is 15.9 Å². The number of carbonyl (C=O) groups excluding carboxylic acids is 3. The lowest BCUT2D eigenvalue weighted by Crippen LogP contribution is -2.52. The van der Waals surface area contributed by atoms with E-state index < -0.39 is 22.6 Å². The molecule has 2 aromatic carbocycles. The lowest BCUT2D eigenvalue weighted by atomic mass is 9.70. The number of hydrogen-bond donors (Lipinski definition) is 3. The Kier molecular flexibility index (Phi) is 8.11. The van der Waals surface area contributed by atoms with Gasteiger partial charge < -0.3 is 30.1 Å². The largest absolute Gasteiger partial charge is 0.497 e. The van der Waals surface area contributed by atoms with Gasteiger partial charge in [-0.3, -0.25) is 14.4 Å². The number of fused-ring (bicyclic) bond motifs is 1. The standard InChI is InChI=1S/C28H32BrN3O6S/c1-3-38-19-11-7-16(8-12-19)30-25(34)21-22-27(36)32(13-4-14-33)24(28(22)15-20(29)23(21)39-28)26(35)31-17-5-9-18(37-2)10-6-17/h5-12,20-24,33H,3-4,13-15H2,1-2H3,(H,30,34)(H,31,35)/t20?,21-,22-,23-,24?,28?/m0/s1. The highest BCUT2D eigenvalue weighted by atomic mass is 79.9. The van der Waals surface area contributed by atoms with Gasteiger partial charge in [0.25, 0.3) is 0 Å². The van der Waals surface area contributed by atoms with E-state index in [1.165, 1.54) is 0 Å². The molecule has 6 atom stereocenters. The number of carbonyl (C=O) groups is 3. The molecule has 0 aromatic heterocycles. The first-order valence-corrected chi connectivity index (χ1v) is 14.8. The number of amides is 3. The van der Waals surface area contributed by atoms with Gasteiger partial charge in [0.05, 0.1) is 30.3 Å². The van der Waals surface area contributed by atoms with Crippen LogP contribution in [0.1, 0.15) is 19.8 Å². The maximum absolute atomic E-state index is 13.9. The summed E-state index contributed by atoms with van der Waals surface area (Å²) in [7, 11) is 1.57. The minimum Gasteiger partial charge on any atom is -0.497 e. The number of nitrogens with one attached hydrogen (secondary N) is 2. The fourth-order valence-electron chi connectivity index (χ4n) is 6.12. The second-order valence-electron chi connectivity index (χ2n) is 9.94. The Morgan fingerprint density at radius 2 is 1.69 bits per heavy atom. The molecule has 3 aliphatic rings. The average molecular weight is 619 g/mol. The van der Waals surface area contributed by atoms with Crippen molar-refractivity contribution < 1.29 is 29.0 Å². The van der Waals surface area contributed by atoms with Gasteiger partial charge in [0, 0.05) is 34.6 Å². The van der Waals surface area contributed by atoms with E-state index in [1.54, 1.807) is 72.3 Å². The Morgan fingerprint density at radius 1 is 1.08 bits per heavy atom. The SMILES string of the molecule is CCOc1ccc(NC(=O)[C@H]2[C@H]3C(=O)N(CCCO)C(C(=O)Nc4ccc(OC)cc4)C34CC(Br)[C@@H]2S4)cc1. The van der Waals surface area contributed by atoms with Crippen LogP contribution in [-0.4, -0.2) is 75.5 Å². The third-order valence-electron chi connectivity index (χ3n) is 7.69. The van der Waals surface area contributed by atoms with Crippen molar-refractivity contribution in [3.05, 3.63) is 48.5 Å². The molecule has 5 rings (SSSR count). The van der Waals surface area contributed by atoms with Crippen LogP contribution in [0.4, 0.5) is 11.4 Å². The van der Waals surface area contributed by atoms with E-state index in [2.05, 4.69) is 26.6 Å². The predicted octanol–water partition coefficient (Wildman–Crippen LogP) is 3.52. The molecule has 3 saturated heterocycles. The zero-order valence-electron chi connectivity index (χ0n) is 21.8. The van der Waals surface area contributed by atoms with Gasteiger partial charge in [-0.05, 0) is 68.3 Å². The van der Waals surface area contributed by atoms with Crippen molar-refractivity contribution in [2.75, 3.05) is 37.5 Å². The molecule has 208 valence electrons. The predicted molar refractivity (Wildman–Crippen MR) is 153 cm³/mol. The minimum atomic E-state index is -0.776. The molecule has 3 heterocycles. The van der Waals surface area contributed by atoms with Gasteiger partial charge in [-0.25, -0.2) is 0 Å². The van der Waals surface area contributed by atoms with Crippen LogP contribution in [0.25, 0.3) is 0 Å². The molecule has 3 amide bonds. The molecule has 11 heteroatoms. The van der Waals surface area contributed by atoms with Gasteiger partial charge in [0.2, 0.25) is 17.7 Å². The molecule has 39 heavy (non-hydrogen) atoms. The number of ether oxygens (including phenoxy) is 2. The van der Waals surface area contributed by atoms with Crippen LogP contribution in [0, 0.1) is 11.8 Å². The summed E-state index contributed by atoms with van der Waals surface area (Å²) in [4.78, 5) is 43.0. The Labute approximate surface area is 240 Å². The number of hydrogen-bond acceptors (Lipinski definition) is 7. The summed E-state index contributed by atoms with van der Waals surface area (Å²) < 4.78 is 9.94. The van der Waals surface area contributed by atoms with E-state index in [-0.39, 0.29) is 41.0 Å². The smallest absolute Gasteiger partial charge is 0.248 e. The number of anilines is 2. The third kappa shape index (κ3) is 5.00. The number of alkyl halides is 1. The number of likely N-dealkylation sites (tertiary alicyclic amines) is 1. The fourth-order valence-corrected chi connectivity index (χ4v) is 9.74. The van der Waals surface area contributed by atoms with Crippen LogP contribution in [-0.2, 0) is 14.4 Å². The number of methoxy groups -OCH3 is 1. The molecule has 9 nitrogen and oxygen atoms in total. The van der Waals surface area contributed by atoms with Crippen LogP contribution >= 0.6 is 27.7 Å². The average Bonchev–Trinajstić information content (AvgIpc) is 3.52. The highest BCUT2D eigenvalue weighted by Gasteiger charge is 2.75. The van der Waals surface area contributed by atoms with E-state index in [1.807, 2.05) is 6.92 Å². The van der Waals surface area contributed by atoms with E-state index in [4.69, 9.17) is 9.47 Å². The number of aliphatic hydroxyl groups is 1. The Bertz CT molecular complexity index is 1230. The molecular weight excluding hydrogens is 586 g/mol. The second-order valence-corrected chi connectivity index (χ2v) is 12.7. The maximum Gasteiger partial charge on any atom is 0.248 e. The van der Waals surface area contributed by atoms with Gasteiger partial charge in [0.15, 0.2) is 0 Å². The van der Waals surface area contributed by atoms with Gasteiger partial charge in [-0.2, -0.15) is 0 Å². The van der Waals surface area contributed by atoms with E-state index in [9.17, 15) is 19.5 Å². The number of thioether (sulfide) groups is 1. The number of rotatable bonds is 10. The molecule has 2 bridgehead atoms. The summed E-state index contributed by atoms with van der Waals surface area (Å²) in [6.07, 6.45) is 0.928. The van der Waals surface area contributed by atoms with Crippen LogP contribution in [0.15, 0.2) is 48.5 Å². The molecule has 3 aliphatic heterocycles. The number of benzene rings is 2. The summed E-state index contributed by atoms with van der Waals surface area (Å²) in [5.41, 5.74) is 1.21. The second kappa shape index (κ2) is 11.4.